The van der Waals surface area contributed by atoms with E-state index in [1.54, 1.807) is 40.3 Å². The number of pyridine rings is 1. The Balaban J connectivity index is 1.39. The van der Waals surface area contributed by atoms with E-state index >= 15 is 0 Å². The van der Waals surface area contributed by atoms with E-state index in [1.807, 2.05) is 55.5 Å². The van der Waals surface area contributed by atoms with Crippen molar-refractivity contribution in [2.24, 2.45) is 0 Å². The number of fused-ring (bicyclic) bond motifs is 1. The van der Waals surface area contributed by atoms with Crippen LogP contribution < -0.4 is 20.3 Å². The highest BCUT2D eigenvalue weighted by atomic mass is 16.5. The van der Waals surface area contributed by atoms with Gasteiger partial charge >= 0.3 is 0 Å². The number of likely N-dealkylation sites (N-methyl/N-ethyl adjacent to an activating group) is 1. The van der Waals surface area contributed by atoms with E-state index in [1.165, 1.54) is 0 Å². The maximum Gasteiger partial charge on any atom is 0.255 e. The van der Waals surface area contributed by atoms with Gasteiger partial charge in [-0.15, -0.1) is 0 Å². The van der Waals surface area contributed by atoms with Gasteiger partial charge in [0.2, 0.25) is 17.7 Å². The number of anilines is 1. The van der Waals surface area contributed by atoms with Gasteiger partial charge in [-0.05, 0) is 36.8 Å². The molecule has 3 heterocycles. The Bertz CT molecular complexity index is 1450. The van der Waals surface area contributed by atoms with Crippen LogP contribution in [-0.4, -0.2) is 96.4 Å². The summed E-state index contributed by atoms with van der Waals surface area (Å²) in [6, 6.07) is 19.9. The standard InChI is InChI=1S/C33H38N6O5/c1-2-37-20-21-44-28-13-7-6-12-25(28)31(41)36-27(23-30(40)35-26(32(37)42)22-24-10-4-3-5-11-24)33(43)39-18-16-38(17-19-39)29-14-8-9-15-34-29/h3-15,26-27H,2,16-23H2,1H3,(H,35,40)(H,36,41)/t26-,27+/m1/s1. The zero-order valence-corrected chi connectivity index (χ0v) is 24.9. The first-order valence-electron chi connectivity index (χ1n) is 15.0. The van der Waals surface area contributed by atoms with Crippen LogP contribution in [0.25, 0.3) is 0 Å². The van der Waals surface area contributed by atoms with Gasteiger partial charge in [0.05, 0.1) is 18.5 Å². The topological polar surface area (TPSA) is 124 Å². The van der Waals surface area contributed by atoms with Crippen LogP contribution in [0.4, 0.5) is 5.82 Å². The number of rotatable bonds is 5. The van der Waals surface area contributed by atoms with Crippen molar-refractivity contribution in [3.05, 3.63) is 90.1 Å². The van der Waals surface area contributed by atoms with Gasteiger partial charge < -0.3 is 30.1 Å². The molecule has 0 spiro atoms. The van der Waals surface area contributed by atoms with Gasteiger partial charge in [-0.3, -0.25) is 19.2 Å². The molecule has 0 aliphatic carbocycles. The van der Waals surface area contributed by atoms with E-state index < -0.39 is 23.9 Å². The molecule has 0 bridgehead atoms. The average molecular weight is 599 g/mol. The summed E-state index contributed by atoms with van der Waals surface area (Å²) in [5.41, 5.74) is 1.14. The third kappa shape index (κ3) is 7.52. The Kier molecular flexibility index (Phi) is 10.1. The van der Waals surface area contributed by atoms with Crippen LogP contribution in [0.5, 0.6) is 5.75 Å². The fourth-order valence-corrected chi connectivity index (χ4v) is 5.53. The molecular weight excluding hydrogens is 560 g/mol. The number of nitrogens with one attached hydrogen (secondary N) is 2. The summed E-state index contributed by atoms with van der Waals surface area (Å²) in [4.78, 5) is 64.4. The molecule has 5 rings (SSSR count). The van der Waals surface area contributed by atoms with E-state index in [0.29, 0.717) is 38.5 Å². The highest BCUT2D eigenvalue weighted by Crippen LogP contribution is 2.20. The molecule has 3 aromatic rings. The Morgan fingerprint density at radius 2 is 1.61 bits per heavy atom. The van der Waals surface area contributed by atoms with Gasteiger partial charge in [-0.1, -0.05) is 48.5 Å². The molecule has 4 amide bonds. The molecule has 2 N–H and O–H groups in total. The predicted octanol–water partition coefficient (Wildman–Crippen LogP) is 1.89. The number of benzene rings is 2. The monoisotopic (exact) mass is 598 g/mol. The first kappa shape index (κ1) is 30.5. The first-order valence-corrected chi connectivity index (χ1v) is 15.0. The number of hydrogen-bond donors (Lipinski definition) is 2. The van der Waals surface area contributed by atoms with Crippen molar-refractivity contribution >= 4 is 29.4 Å². The summed E-state index contributed by atoms with van der Waals surface area (Å²) in [6.45, 7) is 4.65. The minimum atomic E-state index is -1.14. The second-order valence-corrected chi connectivity index (χ2v) is 10.8. The highest BCUT2D eigenvalue weighted by Gasteiger charge is 2.33. The van der Waals surface area contributed by atoms with Crippen molar-refractivity contribution in [3.63, 3.8) is 0 Å². The normalized spacial score (nSPS) is 20.1. The second-order valence-electron chi connectivity index (χ2n) is 10.8. The smallest absolute Gasteiger partial charge is 0.255 e. The first-order chi connectivity index (χ1) is 21.4. The molecule has 11 nitrogen and oxygen atoms in total. The quantitative estimate of drug-likeness (QED) is 0.460. The van der Waals surface area contributed by atoms with E-state index in [0.717, 1.165) is 11.4 Å². The molecule has 1 aromatic heterocycles. The zero-order chi connectivity index (χ0) is 30.9. The molecule has 1 saturated heterocycles. The summed E-state index contributed by atoms with van der Waals surface area (Å²) in [5, 5.41) is 5.68. The molecular formula is C33H38N6O5. The minimum absolute atomic E-state index is 0.152. The molecule has 2 aliphatic heterocycles. The lowest BCUT2D eigenvalue weighted by atomic mass is 10.0. The van der Waals surface area contributed by atoms with Crippen LogP contribution >= 0.6 is 0 Å². The molecule has 0 unspecified atom stereocenters. The summed E-state index contributed by atoms with van der Waals surface area (Å²) >= 11 is 0. The van der Waals surface area contributed by atoms with Crippen LogP contribution in [-0.2, 0) is 20.8 Å². The fraction of sp³-hybridized carbons (Fsp3) is 0.364. The second kappa shape index (κ2) is 14.5. The predicted molar refractivity (Wildman–Crippen MR) is 165 cm³/mol. The lowest BCUT2D eigenvalue weighted by molar-refractivity contribution is -0.138. The number of hydrogen-bond acceptors (Lipinski definition) is 7. The third-order valence-corrected chi connectivity index (χ3v) is 7.92. The van der Waals surface area contributed by atoms with E-state index in [-0.39, 0.29) is 43.4 Å². The molecule has 11 heteroatoms. The van der Waals surface area contributed by atoms with Gasteiger partial charge in [0, 0.05) is 45.3 Å². The van der Waals surface area contributed by atoms with E-state index in [2.05, 4.69) is 20.5 Å². The highest BCUT2D eigenvalue weighted by molar-refractivity contribution is 6.01. The molecule has 1 fully saturated rings. The number of carbonyl (C=O) groups is 4. The van der Waals surface area contributed by atoms with Gasteiger partial charge in [-0.2, -0.15) is 0 Å². The van der Waals surface area contributed by atoms with Crippen molar-refractivity contribution < 1.29 is 23.9 Å². The molecule has 0 saturated carbocycles. The summed E-state index contributed by atoms with van der Waals surface area (Å²) in [6.07, 6.45) is 1.69. The SMILES string of the molecule is CCN1CCOc2ccccc2C(=O)N[C@H](C(=O)N2CCN(c3ccccn3)CC2)CC(=O)N[C@H](Cc2ccccc2)C1=O. The van der Waals surface area contributed by atoms with Gasteiger partial charge in [-0.25, -0.2) is 4.98 Å². The lowest BCUT2D eigenvalue weighted by Crippen LogP contribution is -2.57. The van der Waals surface area contributed by atoms with Crippen molar-refractivity contribution in [2.45, 2.75) is 31.8 Å². The number of piperazine rings is 1. The number of nitrogens with zero attached hydrogens (tertiary/aromatic N) is 4. The molecule has 2 atom stereocenters. The van der Waals surface area contributed by atoms with Gasteiger partial charge in [0.15, 0.2) is 0 Å². The number of ether oxygens (including phenoxy) is 1. The Labute approximate surface area is 257 Å². The molecule has 0 radical (unpaired) electrons. The Morgan fingerprint density at radius 3 is 2.34 bits per heavy atom. The van der Waals surface area contributed by atoms with Crippen molar-refractivity contribution in [1.82, 2.24) is 25.4 Å². The number of para-hydroxylation sites is 1. The van der Waals surface area contributed by atoms with E-state index in [9.17, 15) is 19.2 Å². The Morgan fingerprint density at radius 1 is 0.886 bits per heavy atom. The van der Waals surface area contributed by atoms with Gasteiger partial charge in [0.25, 0.3) is 5.91 Å². The van der Waals surface area contributed by atoms with E-state index in [4.69, 9.17) is 4.74 Å². The maximum atomic E-state index is 13.9. The number of aromatic nitrogens is 1. The third-order valence-electron chi connectivity index (χ3n) is 7.92. The average Bonchev–Trinajstić information content (AvgIpc) is 3.06. The number of carbonyl (C=O) groups excluding carboxylic acids is 4. The van der Waals surface area contributed by atoms with Crippen LogP contribution in [0.2, 0.25) is 0 Å². The van der Waals surface area contributed by atoms with Crippen LogP contribution in [0.3, 0.4) is 0 Å². The van der Waals surface area contributed by atoms with Gasteiger partial charge in [0.1, 0.15) is 30.3 Å². The summed E-state index contributed by atoms with van der Waals surface area (Å²) in [5.74, 6) is -0.442. The molecule has 44 heavy (non-hydrogen) atoms. The summed E-state index contributed by atoms with van der Waals surface area (Å²) in [7, 11) is 0. The zero-order valence-electron chi connectivity index (χ0n) is 24.9. The summed E-state index contributed by atoms with van der Waals surface area (Å²) < 4.78 is 5.97. The van der Waals surface area contributed by atoms with Crippen LogP contribution in [0.1, 0.15) is 29.3 Å². The van der Waals surface area contributed by atoms with Crippen molar-refractivity contribution in [3.8, 4) is 5.75 Å². The van der Waals surface area contributed by atoms with Crippen molar-refractivity contribution in [2.75, 3.05) is 50.8 Å². The fourth-order valence-electron chi connectivity index (χ4n) is 5.53. The van der Waals surface area contributed by atoms with Crippen molar-refractivity contribution in [1.29, 1.82) is 0 Å². The maximum absolute atomic E-state index is 13.9. The van der Waals surface area contributed by atoms with Crippen LogP contribution in [0, 0.1) is 0 Å². The molecule has 2 aliphatic rings. The number of amides is 4. The largest absolute Gasteiger partial charge is 0.491 e. The Hall–Kier alpha value is -4.93. The minimum Gasteiger partial charge on any atom is -0.491 e. The lowest BCUT2D eigenvalue weighted by Gasteiger charge is -2.37. The van der Waals surface area contributed by atoms with Crippen LogP contribution in [0.15, 0.2) is 79.0 Å². The molecule has 230 valence electrons. The molecule has 2 aromatic carbocycles.